The van der Waals surface area contributed by atoms with Gasteiger partial charge in [-0.3, -0.25) is 9.36 Å². The van der Waals surface area contributed by atoms with Crippen molar-refractivity contribution in [3.63, 3.8) is 0 Å². The number of thiazole rings is 1. The molecule has 4 aromatic rings. The predicted molar refractivity (Wildman–Crippen MR) is 140 cm³/mol. The lowest BCUT2D eigenvalue weighted by atomic mass is 10.1. The van der Waals surface area contributed by atoms with Crippen molar-refractivity contribution in [2.45, 2.75) is 12.2 Å². The van der Waals surface area contributed by atoms with E-state index in [1.807, 2.05) is 0 Å². The van der Waals surface area contributed by atoms with Gasteiger partial charge in [0.15, 0.2) is 4.80 Å². The molecule has 0 saturated heterocycles. The topological polar surface area (TPSA) is 129 Å². The molecule has 13 heteroatoms. The zero-order valence-corrected chi connectivity index (χ0v) is 22.5. The third-order valence-corrected chi connectivity index (χ3v) is 8.00. The number of alkyl halides is 2. The van der Waals surface area contributed by atoms with E-state index in [4.69, 9.17) is 9.79 Å². The minimum Gasteiger partial charge on any atom is -0.478 e. The maximum absolute atomic E-state index is 14.3. The fourth-order valence-electron chi connectivity index (χ4n) is 3.56. The summed E-state index contributed by atoms with van der Waals surface area (Å²) >= 11 is 4.15. The van der Waals surface area contributed by atoms with Crippen molar-refractivity contribution in [2.24, 2.45) is 4.99 Å². The number of hydrogen-bond donors (Lipinski definition) is 3. The fourth-order valence-corrected chi connectivity index (χ4v) is 5.80. The second kappa shape index (κ2) is 10.8. The monoisotopic (exact) mass is 622 g/mol. The molecule has 0 aliphatic carbocycles. The molecule has 0 fully saturated rings. The first-order chi connectivity index (χ1) is 17.9. The molecule has 3 aromatic carbocycles. The Labute approximate surface area is 226 Å². The Morgan fingerprint density at radius 1 is 1.00 bits per heavy atom. The highest BCUT2D eigenvalue weighted by atomic mass is 79.9. The van der Waals surface area contributed by atoms with Crippen molar-refractivity contribution in [3.8, 4) is 11.3 Å². The number of carbonyl (C=O) groups excluding carboxylic acids is 1. The molecule has 196 valence electrons. The molecule has 0 unspecified atom stereocenters. The minimum atomic E-state index is -5.76. The van der Waals surface area contributed by atoms with Gasteiger partial charge >= 0.3 is 19.2 Å². The second-order valence-electron chi connectivity index (χ2n) is 8.05. The smallest absolute Gasteiger partial charge is 0.399 e. The zero-order chi connectivity index (χ0) is 27.7. The minimum absolute atomic E-state index is 0.0563. The maximum atomic E-state index is 14.3. The van der Waals surface area contributed by atoms with Crippen LogP contribution >= 0.6 is 34.9 Å². The van der Waals surface area contributed by atoms with Gasteiger partial charge in [-0.25, -0.2) is 4.79 Å². The van der Waals surface area contributed by atoms with Crippen LogP contribution in [0.5, 0.6) is 0 Å². The first-order valence-corrected chi connectivity index (χ1v) is 14.1. The molecule has 1 aromatic heterocycles. The van der Waals surface area contributed by atoms with Crippen LogP contribution in [0.1, 0.15) is 31.8 Å². The average molecular weight is 623 g/mol. The molecule has 1 amide bonds. The lowest BCUT2D eigenvalue weighted by Gasteiger charge is -2.20. The fraction of sp³-hybridized carbons (Fsp3) is 0.0800. The summed E-state index contributed by atoms with van der Waals surface area (Å²) in [5.41, 5.74) is -3.11. The van der Waals surface area contributed by atoms with Gasteiger partial charge in [0.05, 0.1) is 17.8 Å². The quantitative estimate of drug-likeness (QED) is 0.227. The Morgan fingerprint density at radius 2 is 1.66 bits per heavy atom. The number of rotatable bonds is 7. The number of carboxylic acids is 1. The van der Waals surface area contributed by atoms with Gasteiger partial charge in [0.25, 0.3) is 5.91 Å². The van der Waals surface area contributed by atoms with Crippen LogP contribution in [0.25, 0.3) is 11.3 Å². The molecule has 3 N–H and O–H groups in total. The molecule has 8 nitrogen and oxygen atoms in total. The van der Waals surface area contributed by atoms with E-state index in [-0.39, 0.29) is 16.6 Å². The molecule has 0 bridgehead atoms. The third-order valence-electron chi connectivity index (χ3n) is 5.51. The number of carbonyl (C=O) groups is 2. The van der Waals surface area contributed by atoms with Crippen molar-refractivity contribution < 1.29 is 37.8 Å². The largest absolute Gasteiger partial charge is 0.478 e. The highest BCUT2D eigenvalue weighted by Gasteiger charge is 2.51. The number of nitrogens with zero attached hydrogens (tertiary/aromatic N) is 2. The number of aromatic carboxylic acids is 1. The number of carboxylic acid groups (broad SMARTS) is 1. The van der Waals surface area contributed by atoms with Gasteiger partial charge in [0, 0.05) is 21.0 Å². The molecule has 1 heterocycles. The molecular weight excluding hydrogens is 605 g/mol. The molecule has 38 heavy (non-hydrogen) atoms. The summed E-state index contributed by atoms with van der Waals surface area (Å²) in [7, 11) is -5.76. The van der Waals surface area contributed by atoms with Crippen LogP contribution in [0.3, 0.4) is 0 Å². The molecule has 0 atom stereocenters. The average Bonchev–Trinajstić information content (AvgIpc) is 3.25. The van der Waals surface area contributed by atoms with Crippen molar-refractivity contribution in [2.75, 3.05) is 0 Å². The van der Waals surface area contributed by atoms with Crippen LogP contribution in [0.15, 0.2) is 87.6 Å². The SMILES string of the molecule is O=C(O)c1ccc(-c2csc(=NC(=O)c3ccccc3)n2Cc2ccc(C(F)(F)P(=O)(O)O)c(Br)c2)cc1. The first kappa shape index (κ1) is 27.7. The Bertz CT molecular complexity index is 1630. The summed E-state index contributed by atoms with van der Waals surface area (Å²) in [5, 5.41) is 10.9. The molecule has 0 radical (unpaired) electrons. The first-order valence-electron chi connectivity index (χ1n) is 10.8. The van der Waals surface area contributed by atoms with Crippen LogP contribution in [-0.2, 0) is 16.8 Å². The van der Waals surface area contributed by atoms with E-state index in [2.05, 4.69) is 20.9 Å². The number of amides is 1. The zero-order valence-electron chi connectivity index (χ0n) is 19.2. The van der Waals surface area contributed by atoms with E-state index in [1.165, 1.54) is 24.3 Å². The van der Waals surface area contributed by atoms with E-state index < -0.39 is 30.7 Å². The Hall–Kier alpha value is -3.28. The summed E-state index contributed by atoms with van der Waals surface area (Å²) in [4.78, 5) is 46.7. The number of halogens is 3. The molecular formula is C25H18BrF2N2O6PS. The van der Waals surface area contributed by atoms with Gasteiger partial charge in [-0.2, -0.15) is 13.8 Å². The van der Waals surface area contributed by atoms with Crippen LogP contribution in [0.4, 0.5) is 8.78 Å². The molecule has 0 saturated carbocycles. The van der Waals surface area contributed by atoms with Gasteiger partial charge in [0.1, 0.15) is 0 Å². The van der Waals surface area contributed by atoms with E-state index >= 15 is 0 Å². The van der Waals surface area contributed by atoms with Gasteiger partial charge < -0.3 is 19.5 Å². The molecule has 4 rings (SSSR count). The maximum Gasteiger partial charge on any atom is 0.399 e. The van der Waals surface area contributed by atoms with Gasteiger partial charge in [-0.1, -0.05) is 58.4 Å². The predicted octanol–water partition coefficient (Wildman–Crippen LogP) is 5.69. The number of benzene rings is 3. The molecule has 0 aliphatic heterocycles. The van der Waals surface area contributed by atoms with E-state index in [0.29, 0.717) is 27.2 Å². The summed E-state index contributed by atoms with van der Waals surface area (Å²) in [6, 6.07) is 18.0. The van der Waals surface area contributed by atoms with Crippen LogP contribution < -0.4 is 4.80 Å². The Morgan fingerprint density at radius 3 is 2.24 bits per heavy atom. The van der Waals surface area contributed by atoms with Crippen molar-refractivity contribution >= 4 is 46.7 Å². The highest BCUT2D eigenvalue weighted by Crippen LogP contribution is 2.60. The summed E-state index contributed by atoms with van der Waals surface area (Å²) in [6.45, 7) is 0.0563. The second-order valence-corrected chi connectivity index (χ2v) is 11.4. The van der Waals surface area contributed by atoms with E-state index in [1.54, 1.807) is 52.4 Å². The Kier molecular flexibility index (Phi) is 7.91. The van der Waals surface area contributed by atoms with E-state index in [9.17, 15) is 28.0 Å². The highest BCUT2D eigenvalue weighted by molar-refractivity contribution is 9.10. The number of aromatic nitrogens is 1. The van der Waals surface area contributed by atoms with Crippen LogP contribution in [0.2, 0.25) is 0 Å². The summed E-state index contributed by atoms with van der Waals surface area (Å²) in [5.74, 6) is -1.58. The lowest BCUT2D eigenvalue weighted by Crippen LogP contribution is -2.19. The van der Waals surface area contributed by atoms with Crippen molar-refractivity contribution in [3.05, 3.63) is 110 Å². The summed E-state index contributed by atoms with van der Waals surface area (Å²) < 4.78 is 41.4. The molecule has 0 spiro atoms. The Balaban J connectivity index is 1.80. The van der Waals surface area contributed by atoms with Gasteiger partial charge in [-0.05, 0) is 41.5 Å². The van der Waals surface area contributed by atoms with Gasteiger partial charge in [-0.15, -0.1) is 11.3 Å². The van der Waals surface area contributed by atoms with E-state index in [0.717, 1.165) is 17.4 Å². The summed E-state index contributed by atoms with van der Waals surface area (Å²) in [6.07, 6.45) is 0. The third kappa shape index (κ3) is 5.74. The van der Waals surface area contributed by atoms with Crippen molar-refractivity contribution in [1.29, 1.82) is 0 Å². The lowest BCUT2D eigenvalue weighted by molar-refractivity contribution is 0.0557. The molecule has 0 aliphatic rings. The van der Waals surface area contributed by atoms with Crippen LogP contribution in [0, 0.1) is 0 Å². The van der Waals surface area contributed by atoms with Gasteiger partial charge in [0.2, 0.25) is 0 Å². The standard InChI is InChI=1S/C25H18BrF2N2O6PS/c26-20-12-15(6-11-19(20)25(27,28)37(34,35)36)13-30-21(16-7-9-18(10-8-16)23(32)33)14-38-24(30)29-22(31)17-4-2-1-3-5-17/h1-12,14H,13H2,(H,32,33)(H2,34,35,36). The van der Waals surface area contributed by atoms with Crippen molar-refractivity contribution in [1.82, 2.24) is 4.57 Å². The normalized spacial score (nSPS) is 12.5. The van der Waals surface area contributed by atoms with Crippen LogP contribution in [-0.4, -0.2) is 31.3 Å². The number of hydrogen-bond acceptors (Lipinski definition) is 4.